The molecule has 0 aliphatic rings. The summed E-state index contributed by atoms with van der Waals surface area (Å²) in [4.78, 5) is 33.8. The van der Waals surface area contributed by atoms with Gasteiger partial charge < -0.3 is 14.6 Å². The first-order valence-electron chi connectivity index (χ1n) is 9.01. The van der Waals surface area contributed by atoms with E-state index in [0.717, 1.165) is 19.3 Å². The minimum atomic E-state index is -1.25. The molecule has 0 rings (SSSR count). The van der Waals surface area contributed by atoms with Gasteiger partial charge in [-0.2, -0.15) is 0 Å². The molecule has 0 bridgehead atoms. The number of rotatable bonds is 14. The summed E-state index contributed by atoms with van der Waals surface area (Å²) in [5, 5.41) is 8.66. The zero-order valence-electron chi connectivity index (χ0n) is 15.2. The molecule has 0 amide bonds. The summed E-state index contributed by atoms with van der Waals surface area (Å²) in [6.45, 7) is 4.83. The molecule has 0 saturated carbocycles. The van der Waals surface area contributed by atoms with Crippen LogP contribution < -0.4 is 0 Å². The molecule has 0 aromatic heterocycles. The molecule has 0 spiro atoms. The summed E-state index contributed by atoms with van der Waals surface area (Å²) in [6.07, 6.45) is 8.31. The first-order chi connectivity index (χ1) is 11.4. The smallest absolute Gasteiger partial charge is 0.347 e. The predicted molar refractivity (Wildman–Crippen MR) is 90.6 cm³/mol. The van der Waals surface area contributed by atoms with Gasteiger partial charge in [-0.05, 0) is 20.3 Å². The molecular formula is C18H32O6. The van der Waals surface area contributed by atoms with E-state index in [1.165, 1.54) is 52.4 Å². The Kier molecular flexibility index (Phi) is 12.9. The number of hydrogen-bond acceptors (Lipinski definition) is 5. The highest BCUT2D eigenvalue weighted by molar-refractivity contribution is 5.82. The second-order valence-electron chi connectivity index (χ2n) is 6.13. The van der Waals surface area contributed by atoms with Crippen molar-refractivity contribution < 1.29 is 29.0 Å². The van der Waals surface area contributed by atoms with Gasteiger partial charge in [0.1, 0.15) is 0 Å². The van der Waals surface area contributed by atoms with E-state index < -0.39 is 30.1 Å². The Morgan fingerprint density at radius 2 is 1.29 bits per heavy atom. The fraction of sp³-hybridized carbons (Fsp3) is 0.833. The lowest BCUT2D eigenvalue weighted by molar-refractivity contribution is -0.174. The summed E-state index contributed by atoms with van der Waals surface area (Å²) >= 11 is 0. The number of hydrogen-bond donors (Lipinski definition) is 1. The third kappa shape index (κ3) is 11.9. The maximum atomic E-state index is 11.6. The van der Waals surface area contributed by atoms with Crippen LogP contribution in [0.4, 0.5) is 0 Å². The van der Waals surface area contributed by atoms with Gasteiger partial charge in [0.2, 0.25) is 0 Å². The van der Waals surface area contributed by atoms with Crippen molar-refractivity contribution in [2.75, 3.05) is 0 Å². The average Bonchev–Trinajstić information content (AvgIpc) is 2.52. The maximum absolute atomic E-state index is 11.6. The topological polar surface area (TPSA) is 89.9 Å². The van der Waals surface area contributed by atoms with Gasteiger partial charge >= 0.3 is 17.9 Å². The maximum Gasteiger partial charge on any atom is 0.347 e. The third-order valence-corrected chi connectivity index (χ3v) is 3.77. The average molecular weight is 344 g/mol. The summed E-state index contributed by atoms with van der Waals surface area (Å²) in [6, 6.07) is 0. The zero-order valence-corrected chi connectivity index (χ0v) is 15.2. The molecule has 0 aliphatic carbocycles. The van der Waals surface area contributed by atoms with E-state index in [9.17, 15) is 14.4 Å². The minimum Gasteiger partial charge on any atom is -0.479 e. The van der Waals surface area contributed by atoms with E-state index in [-0.39, 0.29) is 6.42 Å². The van der Waals surface area contributed by atoms with Gasteiger partial charge in [-0.1, -0.05) is 58.3 Å². The van der Waals surface area contributed by atoms with Crippen LogP contribution in [0.15, 0.2) is 0 Å². The van der Waals surface area contributed by atoms with Crippen molar-refractivity contribution in [1.29, 1.82) is 0 Å². The number of carboxylic acid groups (broad SMARTS) is 1. The quantitative estimate of drug-likeness (QED) is 0.380. The molecule has 1 N–H and O–H groups in total. The highest BCUT2D eigenvalue weighted by atomic mass is 16.6. The minimum absolute atomic E-state index is 0.266. The molecule has 6 nitrogen and oxygen atoms in total. The SMILES string of the molecule is CCCCCCCCCCCC(=O)OC(C)C(=O)OC(C)C(=O)O. The molecule has 2 atom stereocenters. The Morgan fingerprint density at radius 1 is 0.792 bits per heavy atom. The van der Waals surface area contributed by atoms with Gasteiger partial charge in [-0.25, -0.2) is 9.59 Å². The van der Waals surface area contributed by atoms with E-state index in [0.29, 0.717) is 0 Å². The van der Waals surface area contributed by atoms with Crippen molar-refractivity contribution in [1.82, 2.24) is 0 Å². The van der Waals surface area contributed by atoms with E-state index in [1.807, 2.05) is 0 Å². The first-order valence-corrected chi connectivity index (χ1v) is 9.01. The number of carbonyl (C=O) groups is 3. The van der Waals surface area contributed by atoms with Crippen molar-refractivity contribution in [2.24, 2.45) is 0 Å². The summed E-state index contributed by atoms with van der Waals surface area (Å²) < 4.78 is 9.61. The largest absolute Gasteiger partial charge is 0.479 e. The first kappa shape index (κ1) is 22.4. The lowest BCUT2D eigenvalue weighted by Crippen LogP contribution is -2.32. The Balaban J connectivity index is 3.67. The second-order valence-corrected chi connectivity index (χ2v) is 6.13. The Labute approximate surface area is 144 Å². The molecule has 6 heteroatoms. The molecule has 0 radical (unpaired) electrons. The van der Waals surface area contributed by atoms with Crippen LogP contribution in [0.3, 0.4) is 0 Å². The van der Waals surface area contributed by atoms with Crippen LogP contribution in [0.5, 0.6) is 0 Å². The fourth-order valence-corrected chi connectivity index (χ4v) is 2.20. The fourth-order valence-electron chi connectivity index (χ4n) is 2.20. The lowest BCUT2D eigenvalue weighted by Gasteiger charge is -2.14. The van der Waals surface area contributed by atoms with Gasteiger partial charge in [0.05, 0.1) is 0 Å². The molecule has 0 fully saturated rings. The number of carbonyl (C=O) groups excluding carboxylic acids is 2. The molecule has 0 aromatic rings. The molecule has 24 heavy (non-hydrogen) atoms. The van der Waals surface area contributed by atoms with Crippen LogP contribution in [0.1, 0.15) is 85.0 Å². The summed E-state index contributed by atoms with van der Waals surface area (Å²) in [7, 11) is 0. The molecule has 2 unspecified atom stereocenters. The Bertz CT molecular complexity index is 380. The van der Waals surface area contributed by atoms with Gasteiger partial charge in [0.25, 0.3) is 0 Å². The van der Waals surface area contributed by atoms with Crippen molar-refractivity contribution in [3.8, 4) is 0 Å². The van der Waals surface area contributed by atoms with Crippen LogP contribution in [-0.4, -0.2) is 35.2 Å². The van der Waals surface area contributed by atoms with Crippen molar-refractivity contribution >= 4 is 17.9 Å². The van der Waals surface area contributed by atoms with Gasteiger partial charge in [-0.3, -0.25) is 4.79 Å². The molecule has 0 saturated heterocycles. The molecule has 0 aliphatic heterocycles. The van der Waals surface area contributed by atoms with E-state index in [2.05, 4.69) is 11.7 Å². The highest BCUT2D eigenvalue weighted by Gasteiger charge is 2.23. The van der Waals surface area contributed by atoms with Crippen molar-refractivity contribution in [3.63, 3.8) is 0 Å². The molecular weight excluding hydrogens is 312 g/mol. The third-order valence-electron chi connectivity index (χ3n) is 3.77. The van der Waals surface area contributed by atoms with E-state index in [4.69, 9.17) is 9.84 Å². The highest BCUT2D eigenvalue weighted by Crippen LogP contribution is 2.11. The zero-order chi connectivity index (χ0) is 18.4. The number of esters is 2. The normalized spacial score (nSPS) is 13.1. The molecule has 0 aromatic carbocycles. The number of carboxylic acids is 1. The summed E-state index contributed by atoms with van der Waals surface area (Å²) in [5.74, 6) is -2.53. The molecule has 0 heterocycles. The number of aliphatic carboxylic acids is 1. The lowest BCUT2D eigenvalue weighted by atomic mass is 10.1. The van der Waals surface area contributed by atoms with Gasteiger partial charge in [-0.15, -0.1) is 0 Å². The Morgan fingerprint density at radius 3 is 1.79 bits per heavy atom. The predicted octanol–water partition coefficient (Wildman–Crippen LogP) is 3.86. The van der Waals surface area contributed by atoms with Crippen molar-refractivity contribution in [2.45, 2.75) is 97.2 Å². The van der Waals surface area contributed by atoms with Crippen LogP contribution in [-0.2, 0) is 23.9 Å². The van der Waals surface area contributed by atoms with Crippen LogP contribution in [0.2, 0.25) is 0 Å². The number of unbranched alkanes of at least 4 members (excludes halogenated alkanes) is 8. The van der Waals surface area contributed by atoms with Crippen molar-refractivity contribution in [3.05, 3.63) is 0 Å². The summed E-state index contributed by atoms with van der Waals surface area (Å²) in [5.41, 5.74) is 0. The second kappa shape index (κ2) is 13.8. The molecule has 140 valence electrons. The van der Waals surface area contributed by atoms with Crippen LogP contribution >= 0.6 is 0 Å². The van der Waals surface area contributed by atoms with Crippen LogP contribution in [0, 0.1) is 0 Å². The standard InChI is InChI=1S/C18H32O6/c1-4-5-6-7-8-9-10-11-12-13-16(19)23-15(3)18(22)24-14(2)17(20)21/h14-15H,4-13H2,1-3H3,(H,20,21). The Hall–Kier alpha value is -1.59. The van der Waals surface area contributed by atoms with Gasteiger partial charge in [0, 0.05) is 6.42 Å². The monoisotopic (exact) mass is 344 g/mol. The number of ether oxygens (including phenoxy) is 2. The van der Waals surface area contributed by atoms with E-state index >= 15 is 0 Å². The van der Waals surface area contributed by atoms with Crippen LogP contribution in [0.25, 0.3) is 0 Å². The van der Waals surface area contributed by atoms with Gasteiger partial charge in [0.15, 0.2) is 12.2 Å². The van der Waals surface area contributed by atoms with E-state index in [1.54, 1.807) is 0 Å².